The fourth-order valence-electron chi connectivity index (χ4n) is 1.94. The van der Waals surface area contributed by atoms with Gasteiger partial charge in [0, 0.05) is 11.2 Å². The van der Waals surface area contributed by atoms with Crippen molar-refractivity contribution in [1.82, 2.24) is 9.78 Å². The summed E-state index contributed by atoms with van der Waals surface area (Å²) in [5.41, 5.74) is 1.01. The Balaban J connectivity index is 1.80. The Kier molecular flexibility index (Phi) is 5.36. The number of halogens is 3. The van der Waals surface area contributed by atoms with Crippen LogP contribution in [0, 0.1) is 0 Å². The molecule has 2 aromatic heterocycles. The Bertz CT molecular complexity index is 968. The van der Waals surface area contributed by atoms with Crippen LogP contribution in [0.1, 0.15) is 5.56 Å². The molecule has 1 N–H and O–H groups in total. The zero-order valence-corrected chi connectivity index (χ0v) is 17.5. The molecule has 0 radical (unpaired) electrons. The largest absolute Gasteiger partial charge is 0.272 e. The van der Waals surface area contributed by atoms with E-state index in [9.17, 15) is 8.42 Å². The van der Waals surface area contributed by atoms with Crippen molar-refractivity contribution in [3.63, 3.8) is 0 Å². The molecule has 0 saturated carbocycles. The van der Waals surface area contributed by atoms with Crippen LogP contribution in [0.2, 0.25) is 5.02 Å². The summed E-state index contributed by atoms with van der Waals surface area (Å²) in [5.74, 6) is 0.244. The second-order valence-electron chi connectivity index (χ2n) is 4.81. The number of thiophene rings is 1. The van der Waals surface area contributed by atoms with Crippen LogP contribution >= 0.6 is 54.8 Å². The monoisotopic (exact) mass is 509 g/mol. The van der Waals surface area contributed by atoms with Gasteiger partial charge in [-0.1, -0.05) is 23.7 Å². The van der Waals surface area contributed by atoms with Crippen molar-refractivity contribution in [1.29, 1.82) is 0 Å². The van der Waals surface area contributed by atoms with Gasteiger partial charge in [-0.3, -0.25) is 9.40 Å². The molecule has 0 aliphatic heterocycles. The molecule has 3 rings (SSSR count). The van der Waals surface area contributed by atoms with E-state index in [1.54, 1.807) is 29.1 Å². The molecule has 10 heteroatoms. The Morgan fingerprint density at radius 3 is 2.50 bits per heavy atom. The van der Waals surface area contributed by atoms with Crippen LogP contribution < -0.4 is 4.72 Å². The highest BCUT2D eigenvalue weighted by molar-refractivity contribution is 9.11. The molecule has 0 aliphatic rings. The molecule has 0 bridgehead atoms. The van der Waals surface area contributed by atoms with Gasteiger partial charge in [0.2, 0.25) is 0 Å². The van der Waals surface area contributed by atoms with Gasteiger partial charge in [-0.15, -0.1) is 11.3 Å². The highest BCUT2D eigenvalue weighted by atomic mass is 79.9. The van der Waals surface area contributed by atoms with Crippen molar-refractivity contribution in [2.24, 2.45) is 0 Å². The van der Waals surface area contributed by atoms with E-state index >= 15 is 0 Å². The van der Waals surface area contributed by atoms with Gasteiger partial charge >= 0.3 is 0 Å². The second-order valence-corrected chi connectivity index (χ2v) is 10.5. The lowest BCUT2D eigenvalue weighted by molar-refractivity contribution is 0.602. The van der Waals surface area contributed by atoms with Gasteiger partial charge in [0.1, 0.15) is 4.21 Å². The Hall–Kier alpha value is -0.870. The van der Waals surface area contributed by atoms with Gasteiger partial charge < -0.3 is 0 Å². The van der Waals surface area contributed by atoms with E-state index in [2.05, 4.69) is 41.7 Å². The molecular formula is C14H10Br2ClN3O2S2. The normalized spacial score (nSPS) is 11.6. The Morgan fingerprint density at radius 1 is 1.17 bits per heavy atom. The van der Waals surface area contributed by atoms with Crippen molar-refractivity contribution in [3.8, 4) is 0 Å². The number of benzene rings is 1. The third kappa shape index (κ3) is 4.20. The molecule has 0 spiro atoms. The topological polar surface area (TPSA) is 64.0 Å². The predicted molar refractivity (Wildman–Crippen MR) is 103 cm³/mol. The molecule has 0 fully saturated rings. The van der Waals surface area contributed by atoms with E-state index < -0.39 is 10.0 Å². The second kappa shape index (κ2) is 7.17. The van der Waals surface area contributed by atoms with Crippen molar-refractivity contribution < 1.29 is 8.42 Å². The van der Waals surface area contributed by atoms with Gasteiger partial charge in [0.15, 0.2) is 5.82 Å². The van der Waals surface area contributed by atoms with Gasteiger partial charge in [-0.05, 0) is 61.7 Å². The molecule has 24 heavy (non-hydrogen) atoms. The molecule has 0 amide bonds. The van der Waals surface area contributed by atoms with Crippen LogP contribution in [0.15, 0.2) is 55.1 Å². The maximum atomic E-state index is 12.4. The van der Waals surface area contributed by atoms with Crippen LogP contribution in [0.25, 0.3) is 0 Å². The molecule has 0 aliphatic carbocycles. The predicted octanol–water partition coefficient (Wildman–Crippen LogP) is 4.97. The minimum absolute atomic E-state index is 0.216. The summed E-state index contributed by atoms with van der Waals surface area (Å²) in [6, 6.07) is 10.6. The van der Waals surface area contributed by atoms with Crippen LogP contribution in [-0.2, 0) is 16.6 Å². The summed E-state index contributed by atoms with van der Waals surface area (Å²) in [5, 5.41) is 4.95. The first-order valence-corrected chi connectivity index (χ1v) is 10.9. The zero-order chi connectivity index (χ0) is 17.3. The lowest BCUT2D eigenvalue weighted by Gasteiger charge is -2.04. The number of nitrogens with zero attached hydrogens (tertiary/aromatic N) is 2. The average Bonchev–Trinajstić information content (AvgIpc) is 3.08. The summed E-state index contributed by atoms with van der Waals surface area (Å²) < 4.78 is 30.4. The smallest absolute Gasteiger partial charge is 0.265 e. The lowest BCUT2D eigenvalue weighted by atomic mass is 10.2. The van der Waals surface area contributed by atoms with Crippen molar-refractivity contribution in [2.75, 3.05) is 4.72 Å². The zero-order valence-electron chi connectivity index (χ0n) is 11.9. The van der Waals surface area contributed by atoms with Gasteiger partial charge in [-0.25, -0.2) is 8.42 Å². The first-order valence-electron chi connectivity index (χ1n) is 6.59. The van der Waals surface area contributed by atoms with E-state index in [4.69, 9.17) is 11.6 Å². The Labute approximate surface area is 165 Å². The molecular weight excluding hydrogens is 502 g/mol. The summed E-state index contributed by atoms with van der Waals surface area (Å²) in [6.07, 6.45) is 1.72. The number of hydrogen-bond acceptors (Lipinski definition) is 4. The minimum Gasteiger partial charge on any atom is -0.265 e. The van der Waals surface area contributed by atoms with E-state index in [1.165, 1.54) is 6.07 Å². The average molecular weight is 512 g/mol. The highest BCUT2D eigenvalue weighted by Gasteiger charge is 2.20. The minimum atomic E-state index is -3.66. The van der Waals surface area contributed by atoms with E-state index in [0.717, 1.165) is 20.7 Å². The lowest BCUT2D eigenvalue weighted by Crippen LogP contribution is -2.12. The number of nitrogens with one attached hydrogen (secondary N) is 1. The molecule has 3 aromatic rings. The van der Waals surface area contributed by atoms with Crippen molar-refractivity contribution >= 4 is 70.6 Å². The van der Waals surface area contributed by atoms with Gasteiger partial charge in [0.05, 0.1) is 14.8 Å². The third-order valence-electron chi connectivity index (χ3n) is 3.02. The molecule has 5 nitrogen and oxygen atoms in total. The van der Waals surface area contributed by atoms with Gasteiger partial charge in [-0.2, -0.15) is 5.10 Å². The molecule has 0 unspecified atom stereocenters. The number of aromatic nitrogens is 2. The first kappa shape index (κ1) is 17.9. The third-order valence-corrected chi connectivity index (χ3v) is 7.31. The van der Waals surface area contributed by atoms with Crippen LogP contribution in [0.4, 0.5) is 5.82 Å². The molecule has 0 saturated heterocycles. The van der Waals surface area contributed by atoms with E-state index in [0.29, 0.717) is 16.0 Å². The number of hydrogen-bond donors (Lipinski definition) is 1. The van der Waals surface area contributed by atoms with Crippen molar-refractivity contribution in [3.05, 3.63) is 61.4 Å². The fraction of sp³-hybridized carbons (Fsp3) is 0.0714. The highest BCUT2D eigenvalue weighted by Crippen LogP contribution is 2.29. The summed E-state index contributed by atoms with van der Waals surface area (Å²) in [6.45, 7) is 0.502. The van der Waals surface area contributed by atoms with E-state index in [-0.39, 0.29) is 10.0 Å². The SMILES string of the molecule is O=S(=O)(Nc1nn(Cc2ccc(Cl)cc2)cc1Br)c1ccc(Br)s1. The molecule has 126 valence electrons. The quantitative estimate of drug-likeness (QED) is 0.526. The van der Waals surface area contributed by atoms with Gasteiger partial charge in [0.25, 0.3) is 10.0 Å². The number of rotatable bonds is 5. The molecule has 0 atom stereocenters. The molecule has 1 aromatic carbocycles. The first-order chi connectivity index (χ1) is 11.3. The maximum absolute atomic E-state index is 12.4. The number of anilines is 1. The number of sulfonamides is 1. The van der Waals surface area contributed by atoms with E-state index in [1.807, 2.05) is 12.1 Å². The standard InChI is InChI=1S/C14H10Br2ClN3O2S2/c15-11-8-20(7-9-1-3-10(17)4-2-9)18-14(11)19-24(21,22)13-6-5-12(16)23-13/h1-6,8H,7H2,(H,18,19). The Morgan fingerprint density at radius 2 is 1.88 bits per heavy atom. The maximum Gasteiger partial charge on any atom is 0.272 e. The van der Waals surface area contributed by atoms with Crippen LogP contribution in [0.5, 0.6) is 0 Å². The fourth-order valence-corrected chi connectivity index (χ4v) is 5.64. The molecule has 2 heterocycles. The summed E-state index contributed by atoms with van der Waals surface area (Å²) >= 11 is 13.6. The summed E-state index contributed by atoms with van der Waals surface area (Å²) in [7, 11) is -3.66. The van der Waals surface area contributed by atoms with Crippen molar-refractivity contribution in [2.45, 2.75) is 10.8 Å². The summed E-state index contributed by atoms with van der Waals surface area (Å²) in [4.78, 5) is 0. The van der Waals surface area contributed by atoms with Crippen LogP contribution in [-0.4, -0.2) is 18.2 Å². The van der Waals surface area contributed by atoms with Crippen LogP contribution in [0.3, 0.4) is 0 Å².